The smallest absolute Gasteiger partial charge is 0.0615 e. The zero-order chi connectivity index (χ0) is 14.9. The maximum atomic E-state index is 5.27. The summed E-state index contributed by atoms with van der Waals surface area (Å²) < 4.78 is 5.27. The van der Waals surface area contributed by atoms with Crippen LogP contribution in [-0.4, -0.2) is 32.8 Å². The van der Waals surface area contributed by atoms with Crippen LogP contribution in [0.1, 0.15) is 44.6 Å². The van der Waals surface area contributed by atoms with Gasteiger partial charge in [-0.2, -0.15) is 0 Å². The molecule has 3 nitrogen and oxygen atoms in total. The summed E-state index contributed by atoms with van der Waals surface area (Å²) in [6, 6.07) is 9.52. The molecule has 0 aromatic heterocycles. The Bertz CT molecular complexity index is 379. The van der Waals surface area contributed by atoms with E-state index in [1.54, 1.807) is 7.11 Å². The van der Waals surface area contributed by atoms with E-state index in [1.807, 2.05) is 0 Å². The lowest BCUT2D eigenvalue weighted by Crippen LogP contribution is -2.32. The summed E-state index contributed by atoms with van der Waals surface area (Å²) in [5, 5.41) is 3.60. The van der Waals surface area contributed by atoms with E-state index >= 15 is 0 Å². The number of benzene rings is 1. The van der Waals surface area contributed by atoms with E-state index in [0.717, 1.165) is 13.2 Å². The van der Waals surface area contributed by atoms with Gasteiger partial charge in [0.1, 0.15) is 0 Å². The predicted molar refractivity (Wildman–Crippen MR) is 89.9 cm³/mol. The lowest BCUT2D eigenvalue weighted by Gasteiger charge is -2.29. The van der Waals surface area contributed by atoms with Crippen molar-refractivity contribution >= 4 is 5.69 Å². The topological polar surface area (TPSA) is 24.5 Å². The third-order valence-electron chi connectivity index (χ3n) is 4.26. The second-order valence-corrected chi connectivity index (χ2v) is 6.04. The van der Waals surface area contributed by atoms with Gasteiger partial charge in [-0.1, -0.05) is 25.5 Å². The zero-order valence-electron chi connectivity index (χ0n) is 13.6. The van der Waals surface area contributed by atoms with Crippen molar-refractivity contribution in [3.8, 4) is 0 Å². The quantitative estimate of drug-likeness (QED) is 0.792. The molecular formula is C18H30N2O. The molecule has 1 unspecified atom stereocenters. The summed E-state index contributed by atoms with van der Waals surface area (Å²) in [5.41, 5.74) is 2.73. The second-order valence-electron chi connectivity index (χ2n) is 6.04. The first-order valence-corrected chi connectivity index (χ1v) is 8.39. The number of hydrogen-bond acceptors (Lipinski definition) is 3. The van der Waals surface area contributed by atoms with Gasteiger partial charge in [0.2, 0.25) is 0 Å². The summed E-state index contributed by atoms with van der Waals surface area (Å²) in [6.45, 7) is 6.36. The Balaban J connectivity index is 1.83. The third-order valence-corrected chi connectivity index (χ3v) is 4.26. The molecule has 1 atom stereocenters. The number of methoxy groups -OCH3 is 1. The van der Waals surface area contributed by atoms with Crippen molar-refractivity contribution in [2.75, 3.05) is 31.7 Å². The van der Waals surface area contributed by atoms with Crippen LogP contribution < -0.4 is 10.2 Å². The third kappa shape index (κ3) is 5.33. The average molecular weight is 290 g/mol. The van der Waals surface area contributed by atoms with Gasteiger partial charge in [-0.15, -0.1) is 0 Å². The Hall–Kier alpha value is -1.06. The SMILES string of the molecule is CCCC(COC)NCc1ccc(N2CCCCC2)cc1. The van der Waals surface area contributed by atoms with Gasteiger partial charge in [0.05, 0.1) is 6.61 Å². The number of rotatable bonds is 8. The van der Waals surface area contributed by atoms with Crippen LogP contribution >= 0.6 is 0 Å². The molecule has 1 aromatic rings. The molecule has 1 aliphatic rings. The van der Waals surface area contributed by atoms with E-state index in [-0.39, 0.29) is 0 Å². The first kappa shape index (κ1) is 16.3. The number of hydrogen-bond donors (Lipinski definition) is 1. The highest BCUT2D eigenvalue weighted by atomic mass is 16.5. The maximum absolute atomic E-state index is 5.27. The van der Waals surface area contributed by atoms with Gasteiger partial charge >= 0.3 is 0 Å². The molecule has 21 heavy (non-hydrogen) atoms. The van der Waals surface area contributed by atoms with Crippen molar-refractivity contribution in [2.24, 2.45) is 0 Å². The van der Waals surface area contributed by atoms with Crippen molar-refractivity contribution in [3.63, 3.8) is 0 Å². The van der Waals surface area contributed by atoms with Crippen LogP contribution in [0.15, 0.2) is 24.3 Å². The summed E-state index contributed by atoms with van der Waals surface area (Å²) in [5.74, 6) is 0. The fourth-order valence-corrected chi connectivity index (χ4v) is 3.03. The van der Waals surface area contributed by atoms with E-state index in [4.69, 9.17) is 4.74 Å². The fraction of sp³-hybridized carbons (Fsp3) is 0.667. The Morgan fingerprint density at radius 3 is 2.48 bits per heavy atom. The van der Waals surface area contributed by atoms with Crippen molar-refractivity contribution in [1.29, 1.82) is 0 Å². The lowest BCUT2D eigenvalue weighted by atomic mass is 10.1. The molecule has 3 heteroatoms. The van der Waals surface area contributed by atoms with E-state index in [0.29, 0.717) is 6.04 Å². The fourth-order valence-electron chi connectivity index (χ4n) is 3.03. The molecule has 0 spiro atoms. The van der Waals surface area contributed by atoms with E-state index in [1.165, 1.54) is 56.4 Å². The van der Waals surface area contributed by atoms with Crippen LogP contribution in [0.3, 0.4) is 0 Å². The van der Waals surface area contributed by atoms with Crippen molar-refractivity contribution in [3.05, 3.63) is 29.8 Å². The second kappa shape index (κ2) is 9.06. The number of nitrogens with zero attached hydrogens (tertiary/aromatic N) is 1. The van der Waals surface area contributed by atoms with Crippen molar-refractivity contribution < 1.29 is 4.74 Å². The first-order valence-electron chi connectivity index (χ1n) is 8.39. The zero-order valence-corrected chi connectivity index (χ0v) is 13.6. The van der Waals surface area contributed by atoms with Crippen LogP contribution in [0, 0.1) is 0 Å². The summed E-state index contributed by atoms with van der Waals surface area (Å²) in [7, 11) is 1.78. The van der Waals surface area contributed by atoms with Gasteiger partial charge in [0.15, 0.2) is 0 Å². The first-order chi connectivity index (χ1) is 10.3. The van der Waals surface area contributed by atoms with Gasteiger partial charge in [-0.05, 0) is 43.4 Å². The van der Waals surface area contributed by atoms with Crippen molar-refractivity contribution in [2.45, 2.75) is 51.6 Å². The van der Waals surface area contributed by atoms with Crippen LogP contribution in [-0.2, 0) is 11.3 Å². The van der Waals surface area contributed by atoms with E-state index < -0.39 is 0 Å². The minimum atomic E-state index is 0.460. The maximum Gasteiger partial charge on any atom is 0.0615 e. The summed E-state index contributed by atoms with van der Waals surface area (Å²) in [6.07, 6.45) is 6.41. The molecule has 0 radical (unpaired) electrons. The van der Waals surface area contributed by atoms with Crippen molar-refractivity contribution in [1.82, 2.24) is 5.32 Å². The van der Waals surface area contributed by atoms with E-state index in [9.17, 15) is 0 Å². The Morgan fingerprint density at radius 2 is 1.86 bits per heavy atom. The number of ether oxygens (including phenoxy) is 1. The van der Waals surface area contributed by atoms with Gasteiger partial charge in [-0.3, -0.25) is 0 Å². The standard InChI is InChI=1S/C18H30N2O/c1-3-7-17(15-21-2)19-14-16-8-10-18(11-9-16)20-12-5-4-6-13-20/h8-11,17,19H,3-7,12-15H2,1-2H3. The highest BCUT2D eigenvalue weighted by Crippen LogP contribution is 2.20. The van der Waals surface area contributed by atoms with Crippen LogP contribution in [0.2, 0.25) is 0 Å². The predicted octanol–water partition coefficient (Wildman–Crippen LogP) is 3.58. The van der Waals surface area contributed by atoms with Crippen LogP contribution in [0.25, 0.3) is 0 Å². The lowest BCUT2D eigenvalue weighted by molar-refractivity contribution is 0.161. The Labute approximate surface area is 129 Å². The molecule has 2 rings (SSSR count). The highest BCUT2D eigenvalue weighted by Gasteiger charge is 2.11. The normalized spacial score (nSPS) is 17.0. The molecule has 0 amide bonds. The monoisotopic (exact) mass is 290 g/mol. The molecule has 1 fully saturated rings. The van der Waals surface area contributed by atoms with E-state index in [2.05, 4.69) is 41.4 Å². The molecule has 1 saturated heterocycles. The average Bonchev–Trinajstić information content (AvgIpc) is 2.54. The van der Waals surface area contributed by atoms with Crippen LogP contribution in [0.4, 0.5) is 5.69 Å². The minimum Gasteiger partial charge on any atom is -0.383 e. The molecular weight excluding hydrogens is 260 g/mol. The Kier molecular flexibility index (Phi) is 7.04. The summed E-state index contributed by atoms with van der Waals surface area (Å²) in [4.78, 5) is 2.51. The van der Waals surface area contributed by atoms with Crippen LogP contribution in [0.5, 0.6) is 0 Å². The number of piperidine rings is 1. The molecule has 0 bridgehead atoms. The molecule has 0 saturated carbocycles. The molecule has 118 valence electrons. The van der Waals surface area contributed by atoms with Gasteiger partial charge in [0, 0.05) is 38.5 Å². The highest BCUT2D eigenvalue weighted by molar-refractivity contribution is 5.47. The molecule has 1 aromatic carbocycles. The van der Waals surface area contributed by atoms with Gasteiger partial charge in [0.25, 0.3) is 0 Å². The molecule has 0 aliphatic carbocycles. The van der Waals surface area contributed by atoms with Gasteiger partial charge in [-0.25, -0.2) is 0 Å². The Morgan fingerprint density at radius 1 is 1.14 bits per heavy atom. The minimum absolute atomic E-state index is 0.460. The summed E-state index contributed by atoms with van der Waals surface area (Å²) >= 11 is 0. The van der Waals surface area contributed by atoms with Gasteiger partial charge < -0.3 is 15.0 Å². The molecule has 1 N–H and O–H groups in total. The largest absolute Gasteiger partial charge is 0.383 e. The number of nitrogens with one attached hydrogen (secondary N) is 1. The molecule has 1 aliphatic heterocycles. The number of anilines is 1. The molecule has 1 heterocycles.